The van der Waals surface area contributed by atoms with Crippen LogP contribution in [0.15, 0.2) is 48.5 Å². The van der Waals surface area contributed by atoms with Gasteiger partial charge in [-0.1, -0.05) is 24.3 Å². The van der Waals surface area contributed by atoms with Gasteiger partial charge in [0.1, 0.15) is 17.6 Å². The fraction of sp³-hybridized carbons (Fsp3) is 0.480. The second-order valence-corrected chi connectivity index (χ2v) is 8.96. The van der Waals surface area contributed by atoms with Crippen molar-refractivity contribution in [1.82, 2.24) is 9.80 Å². The first-order valence-corrected chi connectivity index (χ1v) is 11.3. The van der Waals surface area contributed by atoms with Crippen LogP contribution in [0.3, 0.4) is 0 Å². The Bertz CT molecular complexity index is 924. The predicted octanol–water partition coefficient (Wildman–Crippen LogP) is 3.16. The predicted molar refractivity (Wildman–Crippen MR) is 121 cm³/mol. The molecule has 6 heteroatoms. The summed E-state index contributed by atoms with van der Waals surface area (Å²) in [7, 11) is 3.84. The molecule has 31 heavy (non-hydrogen) atoms. The molecule has 3 heterocycles. The van der Waals surface area contributed by atoms with Crippen LogP contribution >= 0.6 is 0 Å². The average Bonchev–Trinajstić information content (AvgIpc) is 3.23. The van der Waals surface area contributed by atoms with Gasteiger partial charge in [0.2, 0.25) is 5.91 Å². The number of para-hydroxylation sites is 2. The molecule has 3 aliphatic heterocycles. The fourth-order valence-corrected chi connectivity index (χ4v) is 5.21. The zero-order valence-corrected chi connectivity index (χ0v) is 18.4. The molecule has 0 aliphatic carbocycles. The van der Waals surface area contributed by atoms with Gasteiger partial charge in [0.15, 0.2) is 0 Å². The number of benzene rings is 2. The Labute approximate surface area is 184 Å². The Morgan fingerprint density at radius 2 is 1.81 bits per heavy atom. The molecular weight excluding hydrogens is 390 g/mol. The highest BCUT2D eigenvalue weighted by molar-refractivity contribution is 5.99. The third-order valence-electron chi connectivity index (χ3n) is 6.96. The van der Waals surface area contributed by atoms with Gasteiger partial charge in [-0.05, 0) is 62.8 Å². The number of ether oxygens (including phenoxy) is 2. The Morgan fingerprint density at radius 3 is 2.55 bits per heavy atom. The molecular formula is C25H31N3O3. The van der Waals surface area contributed by atoms with E-state index in [1.54, 1.807) is 7.11 Å². The molecule has 5 rings (SSSR count). The van der Waals surface area contributed by atoms with Crippen molar-refractivity contribution in [3.63, 3.8) is 0 Å². The van der Waals surface area contributed by atoms with Gasteiger partial charge < -0.3 is 19.3 Å². The van der Waals surface area contributed by atoms with Gasteiger partial charge in [0.25, 0.3) is 0 Å². The SMILES string of the molecule is COc1ccc(CN2C(=O)[C@@H]3C[C@@H](CN3C3CCN(C)CC3)Oc3ccccc32)cc1. The second-order valence-electron chi connectivity index (χ2n) is 8.96. The van der Waals surface area contributed by atoms with E-state index in [-0.39, 0.29) is 18.1 Å². The van der Waals surface area contributed by atoms with Gasteiger partial charge in [-0.25, -0.2) is 0 Å². The maximum atomic E-state index is 14.0. The van der Waals surface area contributed by atoms with Crippen LogP contribution in [0.25, 0.3) is 0 Å². The molecule has 1 amide bonds. The van der Waals surface area contributed by atoms with Gasteiger partial charge in [-0.2, -0.15) is 0 Å². The topological polar surface area (TPSA) is 45.2 Å². The summed E-state index contributed by atoms with van der Waals surface area (Å²) in [6, 6.07) is 16.2. The van der Waals surface area contributed by atoms with Crippen LogP contribution in [-0.2, 0) is 11.3 Å². The summed E-state index contributed by atoms with van der Waals surface area (Å²) >= 11 is 0. The van der Waals surface area contributed by atoms with Crippen molar-refractivity contribution in [2.75, 3.05) is 38.7 Å². The summed E-state index contributed by atoms with van der Waals surface area (Å²) in [6.45, 7) is 3.52. The Hall–Kier alpha value is -2.57. The molecule has 2 atom stereocenters. The summed E-state index contributed by atoms with van der Waals surface area (Å²) in [5.74, 6) is 1.81. The summed E-state index contributed by atoms with van der Waals surface area (Å²) in [4.78, 5) is 20.7. The van der Waals surface area contributed by atoms with E-state index in [0.29, 0.717) is 12.6 Å². The maximum Gasteiger partial charge on any atom is 0.244 e. The highest BCUT2D eigenvalue weighted by Gasteiger charge is 2.45. The number of carbonyl (C=O) groups is 1. The highest BCUT2D eigenvalue weighted by atomic mass is 16.5. The van der Waals surface area contributed by atoms with Crippen molar-refractivity contribution in [2.45, 2.75) is 44.0 Å². The lowest BCUT2D eigenvalue weighted by Crippen LogP contribution is -2.51. The number of amides is 1. The van der Waals surface area contributed by atoms with Gasteiger partial charge in [0.05, 0.1) is 25.4 Å². The van der Waals surface area contributed by atoms with Crippen LogP contribution in [0.2, 0.25) is 0 Å². The number of fused-ring (bicyclic) bond motifs is 3. The van der Waals surface area contributed by atoms with Crippen LogP contribution in [0.4, 0.5) is 5.69 Å². The van der Waals surface area contributed by atoms with E-state index in [0.717, 1.165) is 61.6 Å². The third-order valence-corrected chi connectivity index (χ3v) is 6.96. The van der Waals surface area contributed by atoms with Crippen molar-refractivity contribution in [1.29, 1.82) is 0 Å². The summed E-state index contributed by atoms with van der Waals surface area (Å²) in [6.07, 6.45) is 3.05. The minimum absolute atomic E-state index is 0.0675. The van der Waals surface area contributed by atoms with Crippen LogP contribution in [0.1, 0.15) is 24.8 Å². The second kappa shape index (κ2) is 8.52. The lowest BCUT2D eigenvalue weighted by atomic mass is 10.0. The van der Waals surface area contributed by atoms with Crippen molar-refractivity contribution in [2.24, 2.45) is 0 Å². The van der Waals surface area contributed by atoms with Crippen LogP contribution < -0.4 is 14.4 Å². The first kappa shape index (κ1) is 20.3. The number of hydrogen-bond donors (Lipinski definition) is 0. The largest absolute Gasteiger partial charge is 0.497 e. The molecule has 0 unspecified atom stereocenters. The number of piperidine rings is 1. The van der Waals surface area contributed by atoms with Crippen molar-refractivity contribution in [3.05, 3.63) is 54.1 Å². The van der Waals surface area contributed by atoms with E-state index >= 15 is 0 Å². The summed E-state index contributed by atoms with van der Waals surface area (Å²) in [5.41, 5.74) is 1.94. The Balaban J connectivity index is 1.46. The molecule has 0 aromatic heterocycles. The first-order chi connectivity index (χ1) is 15.1. The Kier molecular flexibility index (Phi) is 5.59. The molecule has 2 aromatic rings. The van der Waals surface area contributed by atoms with E-state index in [1.165, 1.54) is 0 Å². The molecule has 2 bridgehead atoms. The lowest BCUT2D eigenvalue weighted by molar-refractivity contribution is -0.124. The molecule has 0 radical (unpaired) electrons. The van der Waals surface area contributed by atoms with E-state index in [9.17, 15) is 4.79 Å². The molecule has 0 spiro atoms. The molecule has 2 saturated heterocycles. The van der Waals surface area contributed by atoms with Gasteiger partial charge in [-0.3, -0.25) is 9.69 Å². The minimum atomic E-state index is -0.120. The molecule has 6 nitrogen and oxygen atoms in total. The monoisotopic (exact) mass is 421 g/mol. The molecule has 2 aromatic carbocycles. The molecule has 3 aliphatic rings. The van der Waals surface area contributed by atoms with Crippen molar-refractivity contribution >= 4 is 11.6 Å². The number of anilines is 1. The zero-order chi connectivity index (χ0) is 21.4. The van der Waals surface area contributed by atoms with Gasteiger partial charge in [-0.15, -0.1) is 0 Å². The van der Waals surface area contributed by atoms with Crippen LogP contribution in [-0.4, -0.2) is 67.7 Å². The third kappa shape index (κ3) is 4.02. The van der Waals surface area contributed by atoms with Crippen molar-refractivity contribution in [3.8, 4) is 11.5 Å². The molecule has 2 fully saturated rings. The van der Waals surface area contributed by atoms with E-state index in [1.807, 2.05) is 53.4 Å². The van der Waals surface area contributed by atoms with Crippen LogP contribution in [0.5, 0.6) is 11.5 Å². The van der Waals surface area contributed by atoms with E-state index in [4.69, 9.17) is 9.47 Å². The fourth-order valence-electron chi connectivity index (χ4n) is 5.21. The number of likely N-dealkylation sites (tertiary alicyclic amines) is 2. The molecule has 164 valence electrons. The molecule has 0 saturated carbocycles. The summed E-state index contributed by atoms with van der Waals surface area (Å²) in [5, 5.41) is 0. The minimum Gasteiger partial charge on any atom is -0.497 e. The van der Waals surface area contributed by atoms with Crippen LogP contribution in [0, 0.1) is 0 Å². The lowest BCUT2D eigenvalue weighted by Gasteiger charge is -2.38. The number of methoxy groups -OCH3 is 1. The smallest absolute Gasteiger partial charge is 0.244 e. The van der Waals surface area contributed by atoms with E-state index in [2.05, 4.69) is 16.8 Å². The van der Waals surface area contributed by atoms with Gasteiger partial charge in [0, 0.05) is 19.0 Å². The quantitative estimate of drug-likeness (QED) is 0.759. The highest BCUT2D eigenvalue weighted by Crippen LogP contribution is 2.38. The number of nitrogens with zero attached hydrogens (tertiary/aromatic N) is 3. The van der Waals surface area contributed by atoms with Gasteiger partial charge >= 0.3 is 0 Å². The zero-order valence-electron chi connectivity index (χ0n) is 18.4. The maximum absolute atomic E-state index is 14.0. The number of hydrogen-bond acceptors (Lipinski definition) is 5. The molecule has 0 N–H and O–H groups in total. The first-order valence-electron chi connectivity index (χ1n) is 11.3. The normalized spacial score (nSPS) is 25.0. The summed E-state index contributed by atoms with van der Waals surface area (Å²) < 4.78 is 11.7. The van der Waals surface area contributed by atoms with E-state index < -0.39 is 0 Å². The number of carbonyl (C=O) groups excluding carboxylic acids is 1. The average molecular weight is 422 g/mol. The standard InChI is InChI=1S/C25H31N3O3/c1-26-13-11-19(12-14-26)27-17-21-15-23(27)25(29)28(22-5-3-4-6-24(22)31-21)16-18-7-9-20(30-2)10-8-18/h3-10,19,21,23H,11-17H2,1-2H3/t21-,23-/m0/s1. The Morgan fingerprint density at radius 1 is 1.06 bits per heavy atom. The number of rotatable bonds is 4. The van der Waals surface area contributed by atoms with Crippen molar-refractivity contribution < 1.29 is 14.3 Å².